The summed E-state index contributed by atoms with van der Waals surface area (Å²) in [5, 5.41) is 8.03. The maximum absolute atomic E-state index is 13.9. The van der Waals surface area contributed by atoms with Crippen LogP contribution in [0.15, 0.2) is 35.3 Å². The molecule has 30 heavy (non-hydrogen) atoms. The summed E-state index contributed by atoms with van der Waals surface area (Å²) in [6.45, 7) is 6.99. The van der Waals surface area contributed by atoms with Crippen LogP contribution in [0.25, 0.3) is 11.0 Å². The SMILES string of the molecule is CC(C)(C)n1ncc2c(=O)[nH]c(NC3CCN(C(=O)c4ccccc4F)CC3)nc21. The van der Waals surface area contributed by atoms with E-state index < -0.39 is 5.82 Å². The highest BCUT2D eigenvalue weighted by Gasteiger charge is 2.26. The number of piperidine rings is 1. The van der Waals surface area contributed by atoms with Crippen LogP contribution in [0.4, 0.5) is 10.3 Å². The number of amides is 1. The minimum absolute atomic E-state index is 0.0429. The van der Waals surface area contributed by atoms with Crippen molar-refractivity contribution in [2.75, 3.05) is 18.4 Å². The van der Waals surface area contributed by atoms with Crippen molar-refractivity contribution in [3.8, 4) is 0 Å². The van der Waals surface area contributed by atoms with Crippen molar-refractivity contribution >= 4 is 22.9 Å². The molecule has 1 aliphatic heterocycles. The van der Waals surface area contributed by atoms with Gasteiger partial charge in [-0.15, -0.1) is 0 Å². The number of anilines is 1. The molecule has 4 rings (SSSR count). The number of carbonyl (C=O) groups excluding carboxylic acids is 1. The van der Waals surface area contributed by atoms with E-state index >= 15 is 0 Å². The van der Waals surface area contributed by atoms with Crippen molar-refractivity contribution in [1.82, 2.24) is 24.6 Å². The first-order chi connectivity index (χ1) is 14.2. The highest BCUT2D eigenvalue weighted by atomic mass is 19.1. The number of halogens is 1. The first kappa shape index (κ1) is 20.1. The van der Waals surface area contributed by atoms with E-state index in [0.717, 1.165) is 0 Å². The normalized spacial score (nSPS) is 15.5. The molecular weight excluding hydrogens is 387 g/mol. The number of fused-ring (bicyclic) bond motifs is 1. The summed E-state index contributed by atoms with van der Waals surface area (Å²) in [7, 11) is 0. The third kappa shape index (κ3) is 3.79. The molecule has 1 saturated heterocycles. The maximum atomic E-state index is 13.9. The summed E-state index contributed by atoms with van der Waals surface area (Å²) in [5.74, 6) is -0.417. The molecule has 2 N–H and O–H groups in total. The molecular formula is C21H25FN6O2. The van der Waals surface area contributed by atoms with E-state index in [1.165, 1.54) is 18.3 Å². The molecule has 0 saturated carbocycles. The standard InChI is InChI=1S/C21H25FN6O2/c1-21(2,3)28-17-15(12-23-28)18(29)26-20(25-17)24-13-8-10-27(11-9-13)19(30)14-6-4-5-7-16(14)22/h4-7,12-13H,8-11H2,1-3H3,(H2,24,25,26,29). The molecule has 3 heterocycles. The van der Waals surface area contributed by atoms with Crippen LogP contribution in [-0.2, 0) is 5.54 Å². The number of hydrogen-bond acceptors (Lipinski definition) is 5. The molecule has 0 radical (unpaired) electrons. The van der Waals surface area contributed by atoms with Gasteiger partial charge in [-0.1, -0.05) is 12.1 Å². The maximum Gasteiger partial charge on any atom is 0.263 e. The zero-order valence-electron chi connectivity index (χ0n) is 17.3. The summed E-state index contributed by atoms with van der Waals surface area (Å²) in [4.78, 5) is 34.0. The molecule has 1 aromatic carbocycles. The number of nitrogens with zero attached hydrogens (tertiary/aromatic N) is 4. The lowest BCUT2D eigenvalue weighted by molar-refractivity contribution is 0.0713. The molecule has 0 atom stereocenters. The van der Waals surface area contributed by atoms with Crippen LogP contribution in [-0.4, -0.2) is 49.7 Å². The average Bonchev–Trinajstić information content (AvgIpc) is 3.13. The molecule has 0 aliphatic carbocycles. The summed E-state index contributed by atoms with van der Waals surface area (Å²) < 4.78 is 15.6. The summed E-state index contributed by atoms with van der Waals surface area (Å²) in [6.07, 6.45) is 2.87. The van der Waals surface area contributed by atoms with Crippen molar-refractivity contribution in [1.29, 1.82) is 0 Å². The van der Waals surface area contributed by atoms with Gasteiger partial charge in [0.25, 0.3) is 11.5 Å². The highest BCUT2D eigenvalue weighted by Crippen LogP contribution is 2.21. The fourth-order valence-corrected chi connectivity index (χ4v) is 3.70. The average molecular weight is 412 g/mol. The molecule has 3 aromatic rings. The molecule has 1 fully saturated rings. The number of benzene rings is 1. The molecule has 158 valence electrons. The van der Waals surface area contributed by atoms with E-state index in [4.69, 9.17) is 0 Å². The zero-order chi connectivity index (χ0) is 21.5. The largest absolute Gasteiger partial charge is 0.353 e. The van der Waals surface area contributed by atoms with Crippen LogP contribution in [0, 0.1) is 5.82 Å². The number of hydrogen-bond donors (Lipinski definition) is 2. The Kier molecular flexibility index (Phi) is 5.05. The van der Waals surface area contributed by atoms with Crippen molar-refractivity contribution in [3.63, 3.8) is 0 Å². The minimum atomic E-state index is -0.506. The van der Waals surface area contributed by atoms with Gasteiger partial charge in [-0.2, -0.15) is 10.1 Å². The predicted molar refractivity (Wildman–Crippen MR) is 112 cm³/mol. The lowest BCUT2D eigenvalue weighted by atomic mass is 10.0. The second kappa shape index (κ2) is 7.55. The van der Waals surface area contributed by atoms with Crippen molar-refractivity contribution < 1.29 is 9.18 Å². The van der Waals surface area contributed by atoms with Crippen molar-refractivity contribution in [2.45, 2.75) is 45.2 Å². The number of nitrogens with one attached hydrogen (secondary N) is 2. The Hall–Kier alpha value is -3.23. The topological polar surface area (TPSA) is 95.9 Å². The molecule has 0 spiro atoms. The Labute approximate surface area is 173 Å². The van der Waals surface area contributed by atoms with E-state index in [1.807, 2.05) is 20.8 Å². The van der Waals surface area contributed by atoms with Crippen LogP contribution in [0.2, 0.25) is 0 Å². The van der Waals surface area contributed by atoms with Gasteiger partial charge >= 0.3 is 0 Å². The number of rotatable bonds is 3. The highest BCUT2D eigenvalue weighted by molar-refractivity contribution is 5.94. The van der Waals surface area contributed by atoms with Gasteiger partial charge in [0, 0.05) is 19.1 Å². The van der Waals surface area contributed by atoms with Gasteiger partial charge in [0.05, 0.1) is 17.3 Å². The Bertz CT molecular complexity index is 1140. The van der Waals surface area contributed by atoms with Gasteiger partial charge in [-0.3, -0.25) is 14.6 Å². The smallest absolute Gasteiger partial charge is 0.263 e. The fourth-order valence-electron chi connectivity index (χ4n) is 3.70. The van der Waals surface area contributed by atoms with Crippen molar-refractivity contribution in [2.24, 2.45) is 0 Å². The minimum Gasteiger partial charge on any atom is -0.353 e. The zero-order valence-corrected chi connectivity index (χ0v) is 17.3. The monoisotopic (exact) mass is 412 g/mol. The molecule has 0 bridgehead atoms. The third-order valence-corrected chi connectivity index (χ3v) is 5.30. The second-order valence-corrected chi connectivity index (χ2v) is 8.57. The predicted octanol–water partition coefficient (Wildman–Crippen LogP) is 2.73. The Balaban J connectivity index is 1.46. The number of carbonyl (C=O) groups is 1. The summed E-state index contributed by atoms with van der Waals surface area (Å²) in [5.41, 5.74) is 0.0694. The van der Waals surface area contributed by atoms with Gasteiger partial charge in [-0.05, 0) is 45.7 Å². The Morgan fingerprint density at radius 2 is 1.93 bits per heavy atom. The van der Waals surface area contributed by atoms with Gasteiger partial charge in [0.1, 0.15) is 11.2 Å². The summed E-state index contributed by atoms with van der Waals surface area (Å²) >= 11 is 0. The fraction of sp³-hybridized carbons (Fsp3) is 0.429. The van der Waals surface area contributed by atoms with Gasteiger partial charge in [0.2, 0.25) is 5.95 Å². The lowest BCUT2D eigenvalue weighted by Crippen LogP contribution is -2.43. The van der Waals surface area contributed by atoms with E-state index in [9.17, 15) is 14.0 Å². The van der Waals surface area contributed by atoms with E-state index in [0.29, 0.717) is 42.9 Å². The quantitative estimate of drug-likeness (QED) is 0.690. The second-order valence-electron chi connectivity index (χ2n) is 8.57. The molecule has 9 heteroatoms. The van der Waals surface area contributed by atoms with Crippen LogP contribution in [0.5, 0.6) is 0 Å². The molecule has 1 amide bonds. The first-order valence-corrected chi connectivity index (χ1v) is 10.0. The van der Waals surface area contributed by atoms with Crippen LogP contribution in [0.3, 0.4) is 0 Å². The van der Waals surface area contributed by atoms with Gasteiger partial charge in [0.15, 0.2) is 5.65 Å². The van der Waals surface area contributed by atoms with E-state index in [2.05, 4.69) is 20.4 Å². The number of likely N-dealkylation sites (tertiary alicyclic amines) is 1. The number of aromatic amines is 1. The molecule has 8 nitrogen and oxygen atoms in total. The molecule has 1 aliphatic rings. The summed E-state index contributed by atoms with van der Waals surface area (Å²) in [6, 6.07) is 6.07. The van der Waals surface area contributed by atoms with E-state index in [1.54, 1.807) is 21.7 Å². The number of aromatic nitrogens is 4. The van der Waals surface area contributed by atoms with Crippen LogP contribution >= 0.6 is 0 Å². The van der Waals surface area contributed by atoms with Gasteiger partial charge < -0.3 is 10.2 Å². The van der Waals surface area contributed by atoms with Gasteiger partial charge in [-0.25, -0.2) is 9.07 Å². The number of H-pyrrole nitrogens is 1. The van der Waals surface area contributed by atoms with E-state index in [-0.39, 0.29) is 28.6 Å². The Morgan fingerprint density at radius 3 is 2.60 bits per heavy atom. The van der Waals surface area contributed by atoms with Crippen LogP contribution in [0.1, 0.15) is 44.0 Å². The molecule has 2 aromatic heterocycles. The van der Waals surface area contributed by atoms with Crippen molar-refractivity contribution in [3.05, 3.63) is 52.2 Å². The molecule has 0 unspecified atom stereocenters. The first-order valence-electron chi connectivity index (χ1n) is 10.0. The lowest BCUT2D eigenvalue weighted by Gasteiger charge is -2.32. The third-order valence-electron chi connectivity index (χ3n) is 5.30. The Morgan fingerprint density at radius 1 is 1.23 bits per heavy atom. The van der Waals surface area contributed by atoms with Crippen LogP contribution < -0.4 is 10.9 Å².